The number of Topliss-reactive ketones (excluding diaryl/α,β-unsaturated/α-hetero) is 1. The van der Waals surface area contributed by atoms with E-state index in [-0.39, 0.29) is 17.5 Å². The first-order chi connectivity index (χ1) is 12.7. The van der Waals surface area contributed by atoms with E-state index in [0.717, 1.165) is 44.0 Å². The van der Waals surface area contributed by atoms with Crippen LogP contribution in [0.3, 0.4) is 0 Å². The highest BCUT2D eigenvalue weighted by Crippen LogP contribution is 2.33. The zero-order chi connectivity index (χ0) is 18.4. The maximum Gasteiger partial charge on any atom is 0.168 e. The van der Waals surface area contributed by atoms with Crippen LogP contribution < -0.4 is 10.1 Å². The Morgan fingerprint density at radius 3 is 2.65 bits per heavy atom. The molecule has 1 aliphatic heterocycles. The second-order valence-corrected chi connectivity index (χ2v) is 6.79. The van der Waals surface area contributed by atoms with Crippen LogP contribution in [0.15, 0.2) is 40.6 Å². The number of methoxy groups -OCH3 is 1. The van der Waals surface area contributed by atoms with E-state index in [4.69, 9.17) is 4.74 Å². The fraction of sp³-hybridized carbons (Fsp3) is 0.500. The zero-order valence-electron chi connectivity index (χ0n) is 15.3. The van der Waals surface area contributed by atoms with Gasteiger partial charge in [0.25, 0.3) is 0 Å². The van der Waals surface area contributed by atoms with Crippen molar-refractivity contribution in [1.29, 1.82) is 0 Å². The molecule has 140 valence electrons. The summed E-state index contributed by atoms with van der Waals surface area (Å²) in [6, 6.07) is 7.68. The van der Waals surface area contributed by atoms with E-state index in [9.17, 15) is 9.90 Å². The Kier molecular flexibility index (Phi) is 6.41. The Balaban J connectivity index is 1.57. The van der Waals surface area contributed by atoms with Crippen LogP contribution in [0.5, 0.6) is 5.75 Å². The molecule has 0 radical (unpaired) electrons. The number of carbonyl (C=O) groups excluding carboxylic acids is 1. The van der Waals surface area contributed by atoms with Gasteiger partial charge in [0.2, 0.25) is 0 Å². The first kappa shape index (κ1) is 18.6. The fourth-order valence-corrected chi connectivity index (χ4v) is 3.46. The molecule has 1 atom stereocenters. The van der Waals surface area contributed by atoms with E-state index in [2.05, 4.69) is 15.2 Å². The molecule has 2 N–H and O–H groups in total. The molecule has 1 aromatic carbocycles. The molecule has 6 heteroatoms. The first-order valence-electron chi connectivity index (χ1n) is 9.19. The summed E-state index contributed by atoms with van der Waals surface area (Å²) in [7, 11) is 1.63. The Labute approximate surface area is 154 Å². The predicted octanol–water partition coefficient (Wildman–Crippen LogP) is 1.93. The van der Waals surface area contributed by atoms with Crippen LogP contribution in [0, 0.1) is 0 Å². The molecule has 0 amide bonds. The molecule has 1 aromatic rings. The molecule has 0 spiro atoms. The van der Waals surface area contributed by atoms with Crippen LogP contribution in [-0.4, -0.2) is 68.4 Å². The number of benzene rings is 1. The molecule has 0 bridgehead atoms. The number of allylic oxidation sites excluding steroid dienone is 2. The summed E-state index contributed by atoms with van der Waals surface area (Å²) >= 11 is 0. The molecule has 3 rings (SSSR count). The highest BCUT2D eigenvalue weighted by Gasteiger charge is 2.27. The third-order valence-electron chi connectivity index (χ3n) is 5.05. The Hall–Kier alpha value is -2.18. The third-order valence-corrected chi connectivity index (χ3v) is 5.05. The predicted molar refractivity (Wildman–Crippen MR) is 102 cm³/mol. The number of aliphatic imine (C=N–C) groups is 1. The van der Waals surface area contributed by atoms with Gasteiger partial charge in [0, 0.05) is 51.8 Å². The number of carbonyl (C=O) groups is 1. The average molecular weight is 357 g/mol. The van der Waals surface area contributed by atoms with E-state index in [1.807, 2.05) is 24.3 Å². The minimum atomic E-state index is -0.0412. The largest absolute Gasteiger partial charge is 0.511 e. The van der Waals surface area contributed by atoms with Gasteiger partial charge >= 0.3 is 0 Å². The molecule has 1 unspecified atom stereocenters. The number of hydrogen-bond acceptors (Lipinski definition) is 6. The van der Waals surface area contributed by atoms with Crippen molar-refractivity contribution in [2.75, 3.05) is 46.4 Å². The Bertz CT molecular complexity index is 676. The summed E-state index contributed by atoms with van der Waals surface area (Å²) in [5.74, 6) is 0.896. The van der Waals surface area contributed by atoms with Gasteiger partial charge in [-0.05, 0) is 23.6 Å². The van der Waals surface area contributed by atoms with Gasteiger partial charge in [0.05, 0.1) is 19.2 Å². The number of ether oxygens (including phenoxy) is 1. The monoisotopic (exact) mass is 357 g/mol. The van der Waals surface area contributed by atoms with E-state index in [1.165, 1.54) is 0 Å². The summed E-state index contributed by atoms with van der Waals surface area (Å²) in [6.45, 7) is 5.63. The Morgan fingerprint density at radius 1 is 1.27 bits per heavy atom. The molecular weight excluding hydrogens is 330 g/mol. The first-order valence-corrected chi connectivity index (χ1v) is 9.19. The molecule has 0 aromatic heterocycles. The van der Waals surface area contributed by atoms with Crippen molar-refractivity contribution >= 4 is 12.0 Å². The van der Waals surface area contributed by atoms with Crippen LogP contribution in [0.25, 0.3) is 0 Å². The SMILES string of the molecule is COc1ccc(C2CC(=O)C(C=NCCN3CCNCC3)=C(O)C2)cc1. The van der Waals surface area contributed by atoms with Crippen LogP contribution in [-0.2, 0) is 4.79 Å². The van der Waals surface area contributed by atoms with E-state index in [0.29, 0.717) is 25.0 Å². The van der Waals surface area contributed by atoms with Crippen molar-refractivity contribution in [3.63, 3.8) is 0 Å². The highest BCUT2D eigenvalue weighted by molar-refractivity contribution is 6.14. The number of nitrogens with one attached hydrogen (secondary N) is 1. The number of ketones is 1. The van der Waals surface area contributed by atoms with Gasteiger partial charge in [-0.25, -0.2) is 0 Å². The molecule has 6 nitrogen and oxygen atoms in total. The van der Waals surface area contributed by atoms with Crippen LogP contribution in [0.4, 0.5) is 0 Å². The van der Waals surface area contributed by atoms with Crippen molar-refractivity contribution in [3.8, 4) is 5.75 Å². The summed E-state index contributed by atoms with van der Waals surface area (Å²) < 4.78 is 5.16. The molecule has 2 aliphatic rings. The smallest absolute Gasteiger partial charge is 0.168 e. The lowest BCUT2D eigenvalue weighted by Crippen LogP contribution is -2.44. The van der Waals surface area contributed by atoms with Gasteiger partial charge in [-0.15, -0.1) is 0 Å². The van der Waals surface area contributed by atoms with Crippen molar-refractivity contribution in [3.05, 3.63) is 41.2 Å². The average Bonchev–Trinajstić information content (AvgIpc) is 2.67. The molecule has 1 aliphatic carbocycles. The lowest BCUT2D eigenvalue weighted by molar-refractivity contribution is -0.116. The number of piperazine rings is 1. The van der Waals surface area contributed by atoms with Crippen LogP contribution in [0.2, 0.25) is 0 Å². The summed E-state index contributed by atoms with van der Waals surface area (Å²) in [5.41, 5.74) is 1.41. The molecule has 1 heterocycles. The number of hydrogen-bond donors (Lipinski definition) is 2. The highest BCUT2D eigenvalue weighted by atomic mass is 16.5. The van der Waals surface area contributed by atoms with Gasteiger partial charge in [0.15, 0.2) is 5.78 Å². The fourth-order valence-electron chi connectivity index (χ4n) is 3.46. The van der Waals surface area contributed by atoms with Crippen molar-refractivity contribution in [2.24, 2.45) is 4.99 Å². The van der Waals surface area contributed by atoms with Gasteiger partial charge < -0.3 is 15.2 Å². The van der Waals surface area contributed by atoms with Crippen molar-refractivity contribution < 1.29 is 14.6 Å². The lowest BCUT2D eigenvalue weighted by atomic mass is 9.83. The molecule has 26 heavy (non-hydrogen) atoms. The standard InChI is InChI=1S/C20H27N3O3/c1-26-17-4-2-15(3-5-17)16-12-19(24)18(20(25)13-16)14-22-8-11-23-9-6-21-7-10-23/h2-5,14,16,21,24H,6-13H2,1H3. The zero-order valence-corrected chi connectivity index (χ0v) is 15.3. The molecule has 1 saturated heterocycles. The molecule has 0 saturated carbocycles. The van der Waals surface area contributed by atoms with Crippen LogP contribution >= 0.6 is 0 Å². The van der Waals surface area contributed by atoms with Gasteiger partial charge in [-0.1, -0.05) is 12.1 Å². The van der Waals surface area contributed by atoms with Crippen molar-refractivity contribution in [2.45, 2.75) is 18.8 Å². The summed E-state index contributed by atoms with van der Waals surface area (Å²) in [5, 5.41) is 13.7. The van der Waals surface area contributed by atoms with Crippen LogP contribution in [0.1, 0.15) is 24.3 Å². The third kappa shape index (κ3) is 4.71. The maximum atomic E-state index is 12.5. The molecular formula is C20H27N3O3. The minimum Gasteiger partial charge on any atom is -0.511 e. The van der Waals surface area contributed by atoms with Gasteiger partial charge in [-0.2, -0.15) is 0 Å². The number of aliphatic hydroxyl groups is 1. The molecule has 1 fully saturated rings. The number of rotatable bonds is 6. The maximum absolute atomic E-state index is 12.5. The Morgan fingerprint density at radius 2 is 2.00 bits per heavy atom. The normalized spacial score (nSPS) is 22.2. The minimum absolute atomic E-state index is 0.00593. The van der Waals surface area contributed by atoms with E-state index >= 15 is 0 Å². The van der Waals surface area contributed by atoms with E-state index in [1.54, 1.807) is 13.3 Å². The second kappa shape index (κ2) is 8.96. The van der Waals surface area contributed by atoms with Gasteiger partial charge in [-0.3, -0.25) is 14.7 Å². The summed E-state index contributed by atoms with van der Waals surface area (Å²) in [4.78, 5) is 19.2. The number of nitrogens with zero attached hydrogens (tertiary/aromatic N) is 2. The lowest BCUT2D eigenvalue weighted by Gasteiger charge is -2.26. The van der Waals surface area contributed by atoms with Crippen molar-refractivity contribution in [1.82, 2.24) is 10.2 Å². The second-order valence-electron chi connectivity index (χ2n) is 6.79. The van der Waals surface area contributed by atoms with Gasteiger partial charge in [0.1, 0.15) is 11.5 Å². The number of aliphatic hydroxyl groups excluding tert-OH is 1. The summed E-state index contributed by atoms with van der Waals surface area (Å²) in [6.07, 6.45) is 2.43. The topological polar surface area (TPSA) is 74.2 Å². The van der Waals surface area contributed by atoms with E-state index < -0.39 is 0 Å². The quantitative estimate of drug-likeness (QED) is 0.761.